The molecule has 1 rings (SSSR count). The van der Waals surface area contributed by atoms with Gasteiger partial charge in [-0.15, -0.1) is 0 Å². The molecule has 42 valence electrons. The predicted octanol–water partition coefficient (Wildman–Crippen LogP) is 0.391. The zero-order valence-electron chi connectivity index (χ0n) is 4.81. The van der Waals surface area contributed by atoms with Crippen molar-refractivity contribution in [1.29, 1.82) is 0 Å². The highest BCUT2D eigenvalue weighted by Crippen LogP contribution is 1.89. The fourth-order valence-corrected chi connectivity index (χ4v) is 0.607. The van der Waals surface area contributed by atoms with Crippen LogP contribution in [0.2, 0.25) is 0 Å². The summed E-state index contributed by atoms with van der Waals surface area (Å²) in [6, 6.07) is 5.71. The van der Waals surface area contributed by atoms with Crippen molar-refractivity contribution in [3.8, 4) is 0 Å². The summed E-state index contributed by atoms with van der Waals surface area (Å²) >= 11 is 0. The number of nitrogens with one attached hydrogen (secondary N) is 1. The van der Waals surface area contributed by atoms with E-state index in [4.69, 9.17) is 5.73 Å². The highest BCUT2D eigenvalue weighted by molar-refractivity contribution is 5.19. The van der Waals surface area contributed by atoms with Crippen LogP contribution in [0.1, 0.15) is 5.69 Å². The predicted molar refractivity (Wildman–Crippen MR) is 32.1 cm³/mol. The summed E-state index contributed by atoms with van der Waals surface area (Å²) < 4.78 is 0. The molecular formula is C6H9N2+. The van der Waals surface area contributed by atoms with Crippen LogP contribution in [-0.4, -0.2) is 0 Å². The second kappa shape index (κ2) is 1.82. The molecule has 2 heteroatoms. The molecule has 3 N–H and O–H groups in total. The maximum absolute atomic E-state index is 5.40. The molecule has 0 radical (unpaired) electrons. The second-order valence-electron chi connectivity index (χ2n) is 1.79. The van der Waals surface area contributed by atoms with Gasteiger partial charge in [-0.3, -0.25) is 5.73 Å². The molecule has 0 amide bonds. The largest absolute Gasteiger partial charge is 0.287 e. The lowest BCUT2D eigenvalue weighted by Crippen LogP contribution is -2.12. The summed E-state index contributed by atoms with van der Waals surface area (Å²) in [5, 5.41) is 0. The topological polar surface area (TPSA) is 40.2 Å². The summed E-state index contributed by atoms with van der Waals surface area (Å²) in [6.45, 7) is 1.97. The van der Waals surface area contributed by atoms with Crippen molar-refractivity contribution in [2.45, 2.75) is 6.92 Å². The van der Waals surface area contributed by atoms with Crippen LogP contribution in [0.15, 0.2) is 18.2 Å². The Morgan fingerprint density at radius 3 is 2.62 bits per heavy atom. The average Bonchev–Trinajstić information content (AvgIpc) is 1.64. The first-order valence-electron chi connectivity index (χ1n) is 2.53. The van der Waals surface area contributed by atoms with Crippen LogP contribution in [-0.2, 0) is 0 Å². The van der Waals surface area contributed by atoms with Gasteiger partial charge in [-0.1, -0.05) is 6.07 Å². The summed E-state index contributed by atoms with van der Waals surface area (Å²) in [4.78, 5) is 2.95. The van der Waals surface area contributed by atoms with E-state index in [1.165, 1.54) is 0 Å². The Morgan fingerprint density at radius 1 is 1.50 bits per heavy atom. The van der Waals surface area contributed by atoms with E-state index < -0.39 is 0 Å². The fourth-order valence-electron chi connectivity index (χ4n) is 0.607. The number of nitrogen functional groups attached to an aromatic ring is 1. The zero-order valence-corrected chi connectivity index (χ0v) is 4.81. The third kappa shape index (κ3) is 0.964. The molecule has 1 aromatic rings. The van der Waals surface area contributed by atoms with Crippen LogP contribution in [0.25, 0.3) is 0 Å². The van der Waals surface area contributed by atoms with Gasteiger partial charge in [-0.2, -0.15) is 0 Å². The molecule has 0 fully saturated rings. The van der Waals surface area contributed by atoms with Crippen LogP contribution < -0.4 is 10.7 Å². The number of hydrogen-bond donors (Lipinski definition) is 1. The van der Waals surface area contributed by atoms with Crippen molar-refractivity contribution >= 4 is 5.82 Å². The molecule has 0 spiro atoms. The Morgan fingerprint density at radius 2 is 2.25 bits per heavy atom. The first-order chi connectivity index (χ1) is 3.79. The molecule has 0 aromatic carbocycles. The zero-order chi connectivity index (χ0) is 5.98. The number of H-pyrrole nitrogens is 1. The van der Waals surface area contributed by atoms with E-state index in [2.05, 4.69) is 4.98 Å². The first kappa shape index (κ1) is 5.09. The van der Waals surface area contributed by atoms with E-state index in [9.17, 15) is 0 Å². The number of aryl methyl sites for hydroxylation is 1. The average molecular weight is 109 g/mol. The number of nitrogens with two attached hydrogens (primary N) is 1. The summed E-state index contributed by atoms with van der Waals surface area (Å²) in [7, 11) is 0. The number of pyridine rings is 1. The van der Waals surface area contributed by atoms with Gasteiger partial charge in [0.2, 0.25) is 0 Å². The van der Waals surface area contributed by atoms with Gasteiger partial charge in [0.1, 0.15) is 0 Å². The Labute approximate surface area is 48.4 Å². The highest BCUT2D eigenvalue weighted by Gasteiger charge is 1.88. The minimum atomic E-state index is 0.713. The van der Waals surface area contributed by atoms with Gasteiger partial charge >= 0.3 is 0 Å². The lowest BCUT2D eigenvalue weighted by atomic mass is 10.4. The maximum atomic E-state index is 5.40. The molecule has 0 saturated heterocycles. The fraction of sp³-hybridized carbons (Fsp3) is 0.167. The van der Waals surface area contributed by atoms with Crippen molar-refractivity contribution in [2.75, 3.05) is 5.73 Å². The van der Waals surface area contributed by atoms with E-state index in [1.54, 1.807) is 0 Å². The monoisotopic (exact) mass is 109 g/mol. The molecule has 0 aliphatic carbocycles. The lowest BCUT2D eigenvalue weighted by molar-refractivity contribution is -0.370. The third-order valence-corrected chi connectivity index (χ3v) is 0.964. The van der Waals surface area contributed by atoms with E-state index in [1.807, 2.05) is 25.1 Å². The molecule has 0 saturated carbocycles. The standard InChI is InChI=1S/C6H8N2/c1-5-3-2-4-6(7)8-5/h2-4H,1H3,(H2,7,8)/p+1. The van der Waals surface area contributed by atoms with Gasteiger partial charge in [0.15, 0.2) is 0 Å². The van der Waals surface area contributed by atoms with Gasteiger partial charge in [-0.25, -0.2) is 4.98 Å². The quantitative estimate of drug-likeness (QED) is 0.514. The molecule has 2 nitrogen and oxygen atoms in total. The normalized spacial score (nSPS) is 9.12. The van der Waals surface area contributed by atoms with Crippen molar-refractivity contribution in [2.24, 2.45) is 0 Å². The molecule has 1 aromatic heterocycles. The number of hydrogen-bond acceptors (Lipinski definition) is 1. The molecular weight excluding hydrogens is 100 g/mol. The van der Waals surface area contributed by atoms with Crippen molar-refractivity contribution in [3.63, 3.8) is 0 Å². The van der Waals surface area contributed by atoms with Crippen molar-refractivity contribution in [1.82, 2.24) is 0 Å². The molecule has 8 heavy (non-hydrogen) atoms. The molecule has 0 unspecified atom stereocenters. The minimum absolute atomic E-state index is 0.713. The van der Waals surface area contributed by atoms with Crippen LogP contribution in [0, 0.1) is 6.92 Å². The molecule has 1 heterocycles. The maximum Gasteiger partial charge on any atom is 0.270 e. The Kier molecular flexibility index (Phi) is 1.16. The van der Waals surface area contributed by atoms with Gasteiger partial charge < -0.3 is 0 Å². The Bertz CT molecular complexity index is 166. The second-order valence-corrected chi connectivity index (χ2v) is 1.79. The van der Waals surface area contributed by atoms with E-state index in [-0.39, 0.29) is 0 Å². The van der Waals surface area contributed by atoms with Gasteiger partial charge in [0.25, 0.3) is 5.82 Å². The third-order valence-electron chi connectivity index (χ3n) is 0.964. The molecule has 0 aliphatic heterocycles. The van der Waals surface area contributed by atoms with Crippen LogP contribution in [0.4, 0.5) is 5.82 Å². The molecule has 0 atom stereocenters. The van der Waals surface area contributed by atoms with E-state index in [0.717, 1.165) is 5.69 Å². The van der Waals surface area contributed by atoms with Gasteiger partial charge in [-0.05, 0) is 13.0 Å². The minimum Gasteiger partial charge on any atom is -0.287 e. The molecule has 0 aliphatic rings. The smallest absolute Gasteiger partial charge is 0.270 e. The highest BCUT2D eigenvalue weighted by atomic mass is 14.8. The van der Waals surface area contributed by atoms with Crippen LogP contribution >= 0.6 is 0 Å². The summed E-state index contributed by atoms with van der Waals surface area (Å²) in [5.41, 5.74) is 6.49. The molecule has 0 bridgehead atoms. The number of aromatic nitrogens is 1. The number of aromatic amines is 1. The number of anilines is 1. The summed E-state index contributed by atoms with van der Waals surface area (Å²) in [6.07, 6.45) is 0. The van der Waals surface area contributed by atoms with Crippen molar-refractivity contribution in [3.05, 3.63) is 23.9 Å². The Hall–Kier alpha value is -1.05. The van der Waals surface area contributed by atoms with Crippen molar-refractivity contribution < 1.29 is 4.98 Å². The Balaban J connectivity index is 3.08. The lowest BCUT2D eigenvalue weighted by Gasteiger charge is -1.84. The van der Waals surface area contributed by atoms with E-state index in [0.29, 0.717) is 5.82 Å². The van der Waals surface area contributed by atoms with E-state index >= 15 is 0 Å². The van der Waals surface area contributed by atoms with Gasteiger partial charge in [0, 0.05) is 6.07 Å². The summed E-state index contributed by atoms with van der Waals surface area (Å²) in [5.74, 6) is 0.713. The van der Waals surface area contributed by atoms with Crippen LogP contribution in [0.3, 0.4) is 0 Å². The SMILES string of the molecule is Cc1cccc(N)[nH+]1. The number of rotatable bonds is 0. The van der Waals surface area contributed by atoms with Gasteiger partial charge in [0.05, 0.1) is 5.69 Å². The van der Waals surface area contributed by atoms with Crippen LogP contribution in [0.5, 0.6) is 0 Å². The first-order valence-corrected chi connectivity index (χ1v) is 2.53.